The van der Waals surface area contributed by atoms with Gasteiger partial charge in [-0.15, -0.1) is 0 Å². The van der Waals surface area contributed by atoms with E-state index in [9.17, 15) is 14.4 Å². The van der Waals surface area contributed by atoms with Crippen molar-refractivity contribution in [2.75, 3.05) is 0 Å². The van der Waals surface area contributed by atoms with Crippen LogP contribution in [0.4, 0.5) is 0 Å². The van der Waals surface area contributed by atoms with E-state index in [1.807, 2.05) is 6.07 Å². The van der Waals surface area contributed by atoms with Crippen molar-refractivity contribution in [3.05, 3.63) is 35.9 Å². The molecular formula is C24H32O5. The SMILES string of the molecule is CCCCCCCC(=O)CC[C@H]1C(OC(=O)c2ccccc2)C[C@@H]2OC(=O)C[C@@H]21. The second-order valence-electron chi connectivity index (χ2n) is 8.35. The molecule has 1 aliphatic carbocycles. The molecule has 29 heavy (non-hydrogen) atoms. The Hall–Kier alpha value is -2.17. The normalized spacial score (nSPS) is 25.5. The van der Waals surface area contributed by atoms with E-state index in [0.717, 1.165) is 12.8 Å². The minimum absolute atomic E-state index is 0.00292. The summed E-state index contributed by atoms with van der Waals surface area (Å²) < 4.78 is 11.2. The van der Waals surface area contributed by atoms with E-state index < -0.39 is 0 Å². The van der Waals surface area contributed by atoms with E-state index >= 15 is 0 Å². The predicted molar refractivity (Wildman–Crippen MR) is 109 cm³/mol. The van der Waals surface area contributed by atoms with Gasteiger partial charge in [0.1, 0.15) is 18.0 Å². The molecule has 4 atom stereocenters. The van der Waals surface area contributed by atoms with Gasteiger partial charge in [-0.25, -0.2) is 4.79 Å². The Morgan fingerprint density at radius 2 is 1.83 bits per heavy atom. The molecule has 0 radical (unpaired) electrons. The summed E-state index contributed by atoms with van der Waals surface area (Å²) in [6.45, 7) is 2.18. The highest BCUT2D eigenvalue weighted by Crippen LogP contribution is 2.45. The minimum Gasteiger partial charge on any atom is -0.462 e. The third-order valence-corrected chi connectivity index (χ3v) is 6.24. The first kappa shape index (κ1) is 21.5. The molecule has 1 heterocycles. The van der Waals surface area contributed by atoms with Crippen molar-refractivity contribution < 1.29 is 23.9 Å². The highest BCUT2D eigenvalue weighted by Gasteiger charge is 2.51. The van der Waals surface area contributed by atoms with Crippen LogP contribution in [-0.2, 0) is 19.1 Å². The van der Waals surface area contributed by atoms with Crippen LogP contribution in [0.2, 0.25) is 0 Å². The van der Waals surface area contributed by atoms with Gasteiger partial charge >= 0.3 is 11.9 Å². The van der Waals surface area contributed by atoms with Crippen LogP contribution >= 0.6 is 0 Å². The molecule has 0 amide bonds. The molecule has 1 saturated carbocycles. The number of carbonyl (C=O) groups excluding carboxylic acids is 3. The maximum Gasteiger partial charge on any atom is 0.338 e. The van der Waals surface area contributed by atoms with Crippen molar-refractivity contribution in [3.8, 4) is 0 Å². The monoisotopic (exact) mass is 400 g/mol. The summed E-state index contributed by atoms with van der Waals surface area (Å²) in [6.07, 6.45) is 7.81. The lowest BCUT2D eigenvalue weighted by Gasteiger charge is -2.23. The Kier molecular flexibility index (Phi) is 7.84. The van der Waals surface area contributed by atoms with E-state index in [1.54, 1.807) is 24.3 Å². The molecule has 3 rings (SSSR count). The van der Waals surface area contributed by atoms with Gasteiger partial charge in [0, 0.05) is 31.1 Å². The first-order valence-electron chi connectivity index (χ1n) is 11.1. The van der Waals surface area contributed by atoms with Gasteiger partial charge in [0.2, 0.25) is 0 Å². The summed E-state index contributed by atoms with van der Waals surface area (Å²) in [7, 11) is 0. The summed E-state index contributed by atoms with van der Waals surface area (Å²) >= 11 is 0. The summed E-state index contributed by atoms with van der Waals surface area (Å²) in [5, 5.41) is 0. The molecule has 1 saturated heterocycles. The van der Waals surface area contributed by atoms with Crippen LogP contribution in [0.3, 0.4) is 0 Å². The largest absolute Gasteiger partial charge is 0.462 e. The fraction of sp³-hybridized carbons (Fsp3) is 0.625. The van der Waals surface area contributed by atoms with Gasteiger partial charge in [0.05, 0.1) is 12.0 Å². The molecule has 1 unspecified atom stereocenters. The molecule has 1 aliphatic heterocycles. The first-order chi connectivity index (χ1) is 14.1. The van der Waals surface area contributed by atoms with Crippen LogP contribution in [0.1, 0.15) is 81.5 Å². The lowest BCUT2D eigenvalue weighted by molar-refractivity contribution is -0.141. The first-order valence-corrected chi connectivity index (χ1v) is 11.1. The van der Waals surface area contributed by atoms with E-state index in [2.05, 4.69) is 6.92 Å². The van der Waals surface area contributed by atoms with Gasteiger partial charge in [-0.2, -0.15) is 0 Å². The molecule has 5 heteroatoms. The summed E-state index contributed by atoms with van der Waals surface area (Å²) in [4.78, 5) is 36.6. The fourth-order valence-corrected chi connectivity index (χ4v) is 4.65. The number of carbonyl (C=O) groups is 3. The van der Waals surface area contributed by atoms with E-state index in [0.29, 0.717) is 37.7 Å². The second-order valence-corrected chi connectivity index (χ2v) is 8.35. The highest BCUT2D eigenvalue weighted by atomic mass is 16.6. The van der Waals surface area contributed by atoms with Crippen LogP contribution in [0, 0.1) is 11.8 Å². The number of hydrogen-bond donors (Lipinski definition) is 0. The maximum absolute atomic E-state index is 12.5. The van der Waals surface area contributed by atoms with E-state index in [-0.39, 0.29) is 41.8 Å². The third kappa shape index (κ3) is 5.91. The molecule has 0 spiro atoms. The highest BCUT2D eigenvalue weighted by molar-refractivity contribution is 5.89. The van der Waals surface area contributed by atoms with Gasteiger partial charge in [-0.05, 0) is 25.0 Å². The maximum atomic E-state index is 12.5. The average molecular weight is 401 g/mol. The summed E-state index contributed by atoms with van der Waals surface area (Å²) in [5.41, 5.74) is 0.517. The number of hydrogen-bond acceptors (Lipinski definition) is 5. The van der Waals surface area contributed by atoms with Crippen molar-refractivity contribution in [3.63, 3.8) is 0 Å². The van der Waals surface area contributed by atoms with Gasteiger partial charge in [0.25, 0.3) is 0 Å². The van der Waals surface area contributed by atoms with Crippen LogP contribution in [0.5, 0.6) is 0 Å². The van der Waals surface area contributed by atoms with Gasteiger partial charge < -0.3 is 9.47 Å². The predicted octanol–water partition coefficient (Wildman–Crippen LogP) is 4.87. The molecule has 158 valence electrons. The van der Waals surface area contributed by atoms with Crippen LogP contribution < -0.4 is 0 Å². The number of fused-ring (bicyclic) bond motifs is 1. The molecule has 1 aromatic carbocycles. The molecule has 5 nitrogen and oxygen atoms in total. The Bertz CT molecular complexity index is 698. The molecule has 2 fully saturated rings. The van der Waals surface area contributed by atoms with E-state index in [1.165, 1.54) is 19.3 Å². The van der Waals surface area contributed by atoms with Gasteiger partial charge in [0.15, 0.2) is 0 Å². The number of unbranched alkanes of at least 4 members (excludes halogenated alkanes) is 4. The second kappa shape index (κ2) is 10.6. The number of rotatable bonds is 11. The number of Topliss-reactive ketones (excluding diaryl/α,β-unsaturated/α-hetero) is 1. The number of benzene rings is 1. The zero-order valence-corrected chi connectivity index (χ0v) is 17.3. The number of ether oxygens (including phenoxy) is 2. The zero-order chi connectivity index (χ0) is 20.6. The quantitative estimate of drug-likeness (QED) is 0.391. The van der Waals surface area contributed by atoms with Crippen LogP contribution in [0.25, 0.3) is 0 Å². The number of esters is 2. The lowest BCUT2D eigenvalue weighted by atomic mass is 9.87. The Morgan fingerprint density at radius 1 is 1.07 bits per heavy atom. The lowest BCUT2D eigenvalue weighted by Crippen LogP contribution is -2.26. The summed E-state index contributed by atoms with van der Waals surface area (Å²) in [5.74, 6) is -0.214. The topological polar surface area (TPSA) is 69.7 Å². The van der Waals surface area contributed by atoms with Gasteiger partial charge in [-0.3, -0.25) is 9.59 Å². The molecular weight excluding hydrogens is 368 g/mol. The van der Waals surface area contributed by atoms with Crippen molar-refractivity contribution >= 4 is 17.7 Å². The molecule has 1 aromatic rings. The van der Waals surface area contributed by atoms with Crippen LogP contribution in [0.15, 0.2) is 30.3 Å². The standard InChI is InChI=1S/C24H32O5/c1-2-3-4-5-9-12-18(25)13-14-19-20-15-23(26)28-22(20)16-21(19)29-24(27)17-10-7-6-8-11-17/h6-8,10-11,19-22H,2-5,9,12-16H2,1H3/t19-,20-,21?,22+/m1/s1. The van der Waals surface area contributed by atoms with Crippen molar-refractivity contribution in [2.45, 2.75) is 83.3 Å². The average Bonchev–Trinajstić information content (AvgIpc) is 3.22. The molecule has 2 aliphatic rings. The minimum atomic E-state index is -0.353. The van der Waals surface area contributed by atoms with Crippen molar-refractivity contribution in [1.82, 2.24) is 0 Å². The molecule has 0 aromatic heterocycles. The molecule has 0 bridgehead atoms. The van der Waals surface area contributed by atoms with Gasteiger partial charge in [-0.1, -0.05) is 50.8 Å². The Labute approximate surface area is 173 Å². The smallest absolute Gasteiger partial charge is 0.338 e. The number of ketones is 1. The third-order valence-electron chi connectivity index (χ3n) is 6.24. The van der Waals surface area contributed by atoms with Crippen molar-refractivity contribution in [1.29, 1.82) is 0 Å². The van der Waals surface area contributed by atoms with Crippen LogP contribution in [-0.4, -0.2) is 29.9 Å². The zero-order valence-electron chi connectivity index (χ0n) is 17.3. The molecule has 0 N–H and O–H groups in total. The fourth-order valence-electron chi connectivity index (χ4n) is 4.65. The Balaban J connectivity index is 1.53. The van der Waals surface area contributed by atoms with Crippen molar-refractivity contribution in [2.24, 2.45) is 11.8 Å². The van der Waals surface area contributed by atoms with E-state index in [4.69, 9.17) is 9.47 Å². The Morgan fingerprint density at radius 3 is 2.59 bits per heavy atom. The summed E-state index contributed by atoms with van der Waals surface area (Å²) in [6, 6.07) is 8.92.